The lowest BCUT2D eigenvalue weighted by Crippen LogP contribution is -2.41. The number of carbonyl (C=O) groups excluding carboxylic acids is 4. The number of nitrogens with one attached hydrogen (secondary N) is 4. The molecule has 0 aliphatic carbocycles. The Morgan fingerprint density at radius 2 is 1.11 bits per heavy atom. The maximum absolute atomic E-state index is 13.1. The number of morpholine rings is 1. The molecule has 4 aromatic rings. The van der Waals surface area contributed by atoms with Crippen molar-refractivity contribution in [3.8, 4) is 0 Å². The molecule has 4 N–H and O–H groups in total. The molecule has 1 aliphatic heterocycles. The van der Waals surface area contributed by atoms with E-state index in [0.717, 1.165) is 19.6 Å². The molecule has 1 aromatic carbocycles. The van der Waals surface area contributed by atoms with Crippen LogP contribution in [-0.2, 0) is 25.9 Å². The van der Waals surface area contributed by atoms with E-state index in [2.05, 4.69) is 26.2 Å². The number of rotatable bonds is 10. The van der Waals surface area contributed by atoms with E-state index in [1.165, 1.54) is 0 Å². The van der Waals surface area contributed by atoms with E-state index in [1.54, 1.807) is 95.9 Å². The fourth-order valence-corrected chi connectivity index (χ4v) is 5.00. The van der Waals surface area contributed by atoms with Gasteiger partial charge in [0.15, 0.2) is 0 Å². The zero-order chi connectivity index (χ0) is 31.2. The number of hydrogen-bond donors (Lipinski definition) is 4. The van der Waals surface area contributed by atoms with Crippen LogP contribution in [0.3, 0.4) is 0 Å². The summed E-state index contributed by atoms with van der Waals surface area (Å²) in [4.78, 5) is 53.6. The fraction of sp³-hybridized carbons (Fsp3) is 0.290. The zero-order valence-corrected chi connectivity index (χ0v) is 24.9. The number of carbonyl (C=O) groups is 4. The van der Waals surface area contributed by atoms with Gasteiger partial charge in [0.05, 0.1) is 30.3 Å². The molecular formula is C31H36N8O5. The molecule has 13 heteroatoms. The van der Waals surface area contributed by atoms with Crippen LogP contribution in [-0.4, -0.2) is 81.6 Å². The van der Waals surface area contributed by atoms with Crippen LogP contribution in [0.2, 0.25) is 0 Å². The van der Waals surface area contributed by atoms with Crippen molar-refractivity contribution < 1.29 is 23.9 Å². The molecule has 3 aromatic heterocycles. The monoisotopic (exact) mass is 600 g/mol. The smallest absolute Gasteiger partial charge is 0.272 e. The van der Waals surface area contributed by atoms with Crippen LogP contribution >= 0.6 is 0 Å². The molecule has 4 heterocycles. The molecule has 0 radical (unpaired) electrons. The minimum atomic E-state index is -0.405. The van der Waals surface area contributed by atoms with Gasteiger partial charge >= 0.3 is 0 Å². The van der Waals surface area contributed by atoms with Crippen molar-refractivity contribution in [2.75, 3.05) is 55.3 Å². The summed E-state index contributed by atoms with van der Waals surface area (Å²) in [5, 5.41) is 11.4. The fourth-order valence-electron chi connectivity index (χ4n) is 5.00. The molecule has 44 heavy (non-hydrogen) atoms. The van der Waals surface area contributed by atoms with Crippen LogP contribution in [0.4, 0.5) is 17.1 Å². The Labute approximate surface area is 254 Å². The summed E-state index contributed by atoms with van der Waals surface area (Å²) in [7, 11) is 5.14. The van der Waals surface area contributed by atoms with Crippen molar-refractivity contribution in [3.63, 3.8) is 0 Å². The van der Waals surface area contributed by atoms with Gasteiger partial charge in [0.1, 0.15) is 17.1 Å². The highest BCUT2D eigenvalue weighted by Crippen LogP contribution is 2.20. The average molecular weight is 601 g/mol. The Morgan fingerprint density at radius 3 is 1.61 bits per heavy atom. The molecule has 230 valence electrons. The van der Waals surface area contributed by atoms with Crippen LogP contribution in [0.1, 0.15) is 41.8 Å². The van der Waals surface area contributed by atoms with Gasteiger partial charge in [0.2, 0.25) is 0 Å². The summed E-state index contributed by atoms with van der Waals surface area (Å²) < 4.78 is 10.2. The standard InChI is InChI=1S/C31H36N8O5/c1-36-19-23(15-25(36)29(41)32-9-10-39-11-13-44-14-12-39)34-31(43)27-17-24(20-38(27)3)35-30(42)26-16-22(18-37(26)2)33-28(40)21-7-5-4-6-8-21/h4-8,15-20H,9-14H2,1-3H3,(H,32,41)(H,33,40)(H,34,43)(H,35,42). The minimum Gasteiger partial charge on any atom is -0.379 e. The van der Waals surface area contributed by atoms with Crippen LogP contribution in [0.5, 0.6) is 0 Å². The molecule has 1 aliphatic rings. The molecule has 0 unspecified atom stereocenters. The van der Waals surface area contributed by atoms with Crippen molar-refractivity contribution in [1.82, 2.24) is 23.9 Å². The number of aryl methyl sites for hydroxylation is 3. The van der Waals surface area contributed by atoms with Crippen molar-refractivity contribution in [2.24, 2.45) is 21.1 Å². The zero-order valence-electron chi connectivity index (χ0n) is 24.9. The average Bonchev–Trinajstić information content (AvgIpc) is 3.69. The summed E-state index contributed by atoms with van der Waals surface area (Å²) >= 11 is 0. The van der Waals surface area contributed by atoms with Gasteiger partial charge < -0.3 is 39.7 Å². The number of aromatic nitrogens is 3. The molecule has 0 saturated carbocycles. The van der Waals surface area contributed by atoms with Gasteiger partial charge in [-0.2, -0.15) is 0 Å². The lowest BCUT2D eigenvalue weighted by Gasteiger charge is -2.26. The maximum Gasteiger partial charge on any atom is 0.272 e. The highest BCUT2D eigenvalue weighted by Gasteiger charge is 2.19. The van der Waals surface area contributed by atoms with Gasteiger partial charge in [0, 0.05) is 71.5 Å². The highest BCUT2D eigenvalue weighted by atomic mass is 16.5. The molecule has 1 saturated heterocycles. The summed E-state index contributed by atoms with van der Waals surface area (Å²) in [5.74, 6) is -1.31. The Kier molecular flexibility index (Phi) is 9.26. The molecule has 0 spiro atoms. The second-order valence-electron chi connectivity index (χ2n) is 10.6. The van der Waals surface area contributed by atoms with Gasteiger partial charge in [-0.15, -0.1) is 0 Å². The number of ether oxygens (including phenoxy) is 1. The van der Waals surface area contributed by atoms with Crippen LogP contribution in [0.15, 0.2) is 67.1 Å². The Morgan fingerprint density at radius 1 is 0.659 bits per heavy atom. The lowest BCUT2D eigenvalue weighted by molar-refractivity contribution is 0.0383. The summed E-state index contributed by atoms with van der Waals surface area (Å²) in [6.07, 6.45) is 4.95. The van der Waals surface area contributed by atoms with E-state index in [-0.39, 0.29) is 11.8 Å². The third kappa shape index (κ3) is 7.25. The normalized spacial score (nSPS) is 13.3. The van der Waals surface area contributed by atoms with Crippen molar-refractivity contribution in [2.45, 2.75) is 0 Å². The maximum atomic E-state index is 13.1. The SMILES string of the molecule is Cn1cc(NC(=O)c2cc(NC(=O)c3cc(NC(=O)c4ccccc4)cn3C)cn2C)cc1C(=O)NCCN1CCOCC1. The van der Waals surface area contributed by atoms with E-state index in [9.17, 15) is 19.2 Å². The Bertz CT molecular complexity index is 1660. The Balaban J connectivity index is 1.17. The van der Waals surface area contributed by atoms with Crippen molar-refractivity contribution >= 4 is 40.7 Å². The molecule has 0 atom stereocenters. The first-order valence-corrected chi connectivity index (χ1v) is 14.2. The summed E-state index contributed by atoms with van der Waals surface area (Å²) in [5.41, 5.74) is 2.93. The molecule has 4 amide bonds. The van der Waals surface area contributed by atoms with E-state index in [4.69, 9.17) is 4.74 Å². The Hall–Kier alpha value is -5.14. The first-order chi connectivity index (χ1) is 21.2. The van der Waals surface area contributed by atoms with Gasteiger partial charge in [0.25, 0.3) is 23.6 Å². The molecular weight excluding hydrogens is 564 g/mol. The number of anilines is 3. The van der Waals surface area contributed by atoms with Gasteiger partial charge in [-0.1, -0.05) is 18.2 Å². The van der Waals surface area contributed by atoms with Crippen LogP contribution < -0.4 is 21.3 Å². The summed E-state index contributed by atoms with van der Waals surface area (Å²) in [6, 6.07) is 13.6. The first kappa shape index (κ1) is 30.3. The van der Waals surface area contributed by atoms with E-state index in [0.29, 0.717) is 59.5 Å². The minimum absolute atomic E-state index is 0.228. The largest absolute Gasteiger partial charge is 0.379 e. The van der Waals surface area contributed by atoms with E-state index in [1.807, 2.05) is 6.07 Å². The lowest BCUT2D eigenvalue weighted by atomic mass is 10.2. The second kappa shape index (κ2) is 13.4. The third-order valence-electron chi connectivity index (χ3n) is 7.34. The van der Waals surface area contributed by atoms with Gasteiger partial charge in [-0.05, 0) is 30.3 Å². The number of benzene rings is 1. The number of nitrogens with zero attached hydrogens (tertiary/aromatic N) is 4. The predicted octanol–water partition coefficient (Wildman–Crippen LogP) is 2.52. The van der Waals surface area contributed by atoms with E-state index < -0.39 is 11.8 Å². The van der Waals surface area contributed by atoms with Crippen LogP contribution in [0.25, 0.3) is 0 Å². The third-order valence-corrected chi connectivity index (χ3v) is 7.34. The first-order valence-electron chi connectivity index (χ1n) is 14.2. The quantitative estimate of drug-likeness (QED) is 0.220. The molecule has 13 nitrogen and oxygen atoms in total. The molecule has 1 fully saturated rings. The molecule has 5 rings (SSSR count). The van der Waals surface area contributed by atoms with Gasteiger partial charge in [-0.25, -0.2) is 0 Å². The van der Waals surface area contributed by atoms with Gasteiger partial charge in [-0.3, -0.25) is 24.1 Å². The number of amides is 4. The topological polar surface area (TPSA) is 144 Å². The summed E-state index contributed by atoms with van der Waals surface area (Å²) in [6.45, 7) is 4.36. The van der Waals surface area contributed by atoms with Crippen molar-refractivity contribution in [1.29, 1.82) is 0 Å². The van der Waals surface area contributed by atoms with E-state index >= 15 is 0 Å². The molecule has 0 bridgehead atoms. The predicted molar refractivity (Wildman–Crippen MR) is 166 cm³/mol. The second-order valence-corrected chi connectivity index (χ2v) is 10.6. The highest BCUT2D eigenvalue weighted by molar-refractivity contribution is 6.08. The van der Waals surface area contributed by atoms with Crippen molar-refractivity contribution in [3.05, 3.63) is 89.8 Å². The number of hydrogen-bond acceptors (Lipinski definition) is 6. The van der Waals surface area contributed by atoms with Crippen LogP contribution in [0, 0.1) is 0 Å².